The van der Waals surface area contributed by atoms with E-state index in [4.69, 9.17) is 20.2 Å². The van der Waals surface area contributed by atoms with E-state index in [-0.39, 0.29) is 5.75 Å². The van der Waals surface area contributed by atoms with E-state index >= 15 is 0 Å². The van der Waals surface area contributed by atoms with Gasteiger partial charge in [-0.2, -0.15) is 0 Å². The van der Waals surface area contributed by atoms with Gasteiger partial charge in [0, 0.05) is 22.7 Å². The SMILES string of the molecule is CCC(CC)(COCCOCC(C)C)CS(=O)(=O)Cl. The molecule has 0 radical (unpaired) electrons. The lowest BCUT2D eigenvalue weighted by molar-refractivity contribution is 0.00322. The van der Waals surface area contributed by atoms with Crippen molar-refractivity contribution in [2.24, 2.45) is 11.3 Å². The van der Waals surface area contributed by atoms with Gasteiger partial charge in [0.05, 0.1) is 25.6 Å². The van der Waals surface area contributed by atoms with Crippen LogP contribution < -0.4 is 0 Å². The highest BCUT2D eigenvalue weighted by atomic mass is 35.7. The fourth-order valence-corrected chi connectivity index (χ4v) is 3.71. The lowest BCUT2D eigenvalue weighted by Gasteiger charge is -2.29. The second-order valence-electron chi connectivity index (χ2n) is 5.41. The topological polar surface area (TPSA) is 52.6 Å². The van der Waals surface area contributed by atoms with Crippen molar-refractivity contribution in [2.45, 2.75) is 40.5 Å². The Hall–Kier alpha value is 0.160. The third-order valence-electron chi connectivity index (χ3n) is 3.21. The molecule has 4 nitrogen and oxygen atoms in total. The van der Waals surface area contributed by atoms with Crippen molar-refractivity contribution in [1.82, 2.24) is 0 Å². The summed E-state index contributed by atoms with van der Waals surface area (Å²) in [6.07, 6.45) is 1.45. The summed E-state index contributed by atoms with van der Waals surface area (Å²) >= 11 is 0. The van der Waals surface area contributed by atoms with E-state index in [1.807, 2.05) is 13.8 Å². The normalized spacial score (nSPS) is 13.2. The summed E-state index contributed by atoms with van der Waals surface area (Å²) in [5, 5.41) is 0. The van der Waals surface area contributed by atoms with Crippen LogP contribution in [-0.4, -0.2) is 40.6 Å². The standard InChI is InChI=1S/C13H27ClO4S/c1-5-13(6-2,11-19(14,15)16)10-18-8-7-17-9-12(3)4/h12H,5-11H2,1-4H3. The molecule has 0 bridgehead atoms. The van der Waals surface area contributed by atoms with Crippen molar-refractivity contribution >= 4 is 19.7 Å². The Morgan fingerprint density at radius 3 is 2.05 bits per heavy atom. The molecule has 0 rings (SSSR count). The fourth-order valence-electron chi connectivity index (χ4n) is 1.79. The smallest absolute Gasteiger partial charge is 0.233 e. The van der Waals surface area contributed by atoms with E-state index in [9.17, 15) is 8.42 Å². The molecule has 0 aromatic carbocycles. The van der Waals surface area contributed by atoms with Crippen LogP contribution in [0.4, 0.5) is 0 Å². The average molecular weight is 315 g/mol. The van der Waals surface area contributed by atoms with E-state index in [0.717, 1.165) is 12.8 Å². The van der Waals surface area contributed by atoms with Gasteiger partial charge >= 0.3 is 0 Å². The Kier molecular flexibility index (Phi) is 9.24. The van der Waals surface area contributed by atoms with Crippen molar-refractivity contribution in [3.05, 3.63) is 0 Å². The van der Waals surface area contributed by atoms with Crippen LogP contribution in [-0.2, 0) is 18.5 Å². The molecule has 0 aliphatic heterocycles. The minimum atomic E-state index is -3.50. The molecular formula is C13H27ClO4S. The van der Waals surface area contributed by atoms with Crippen molar-refractivity contribution in [2.75, 3.05) is 32.2 Å². The molecule has 0 saturated carbocycles. The molecular weight excluding hydrogens is 288 g/mol. The largest absolute Gasteiger partial charge is 0.379 e. The van der Waals surface area contributed by atoms with Crippen LogP contribution in [0.15, 0.2) is 0 Å². The summed E-state index contributed by atoms with van der Waals surface area (Å²) in [5.74, 6) is 0.466. The zero-order valence-corrected chi connectivity index (χ0v) is 14.0. The quantitative estimate of drug-likeness (QED) is 0.434. The van der Waals surface area contributed by atoms with Crippen molar-refractivity contribution in [3.8, 4) is 0 Å². The molecule has 0 spiro atoms. The Balaban J connectivity index is 4.08. The second kappa shape index (κ2) is 9.16. The van der Waals surface area contributed by atoms with Crippen LogP contribution in [0.1, 0.15) is 40.5 Å². The highest BCUT2D eigenvalue weighted by Crippen LogP contribution is 2.30. The molecule has 19 heavy (non-hydrogen) atoms. The van der Waals surface area contributed by atoms with Gasteiger partial charge in [-0.15, -0.1) is 0 Å². The predicted octanol–water partition coefficient (Wildman–Crippen LogP) is 3.05. The molecule has 0 fully saturated rings. The Morgan fingerprint density at radius 2 is 1.63 bits per heavy atom. The third kappa shape index (κ3) is 9.66. The molecule has 0 N–H and O–H groups in total. The predicted molar refractivity (Wildman–Crippen MR) is 79.1 cm³/mol. The summed E-state index contributed by atoms with van der Waals surface area (Å²) in [6, 6.07) is 0. The molecule has 0 atom stereocenters. The molecule has 6 heteroatoms. The Labute approximate surface area is 122 Å². The van der Waals surface area contributed by atoms with E-state index in [1.165, 1.54) is 0 Å². The molecule has 0 saturated heterocycles. The fraction of sp³-hybridized carbons (Fsp3) is 1.00. The first kappa shape index (κ1) is 19.2. The molecule has 0 aliphatic carbocycles. The summed E-state index contributed by atoms with van der Waals surface area (Å²) < 4.78 is 33.5. The van der Waals surface area contributed by atoms with Gasteiger partial charge in [0.15, 0.2) is 0 Å². The maximum atomic E-state index is 11.3. The molecule has 0 heterocycles. The summed E-state index contributed by atoms with van der Waals surface area (Å²) in [4.78, 5) is 0. The number of rotatable bonds is 11. The highest BCUT2D eigenvalue weighted by Gasteiger charge is 2.31. The lowest BCUT2D eigenvalue weighted by Crippen LogP contribution is -2.33. The molecule has 0 amide bonds. The van der Waals surface area contributed by atoms with Crippen molar-refractivity contribution in [1.29, 1.82) is 0 Å². The van der Waals surface area contributed by atoms with Gasteiger partial charge in [-0.3, -0.25) is 0 Å². The summed E-state index contributed by atoms with van der Waals surface area (Å²) in [7, 11) is 1.86. The van der Waals surface area contributed by atoms with E-state index in [1.54, 1.807) is 0 Å². The average Bonchev–Trinajstić information content (AvgIpc) is 2.30. The van der Waals surface area contributed by atoms with Gasteiger partial charge in [0.25, 0.3) is 0 Å². The number of halogens is 1. The van der Waals surface area contributed by atoms with Crippen LogP contribution in [0, 0.1) is 11.3 Å². The highest BCUT2D eigenvalue weighted by molar-refractivity contribution is 8.13. The van der Waals surface area contributed by atoms with E-state index in [2.05, 4.69) is 13.8 Å². The van der Waals surface area contributed by atoms with Crippen LogP contribution in [0.25, 0.3) is 0 Å². The van der Waals surface area contributed by atoms with Gasteiger partial charge in [-0.25, -0.2) is 8.42 Å². The van der Waals surface area contributed by atoms with Gasteiger partial charge < -0.3 is 9.47 Å². The monoisotopic (exact) mass is 314 g/mol. The summed E-state index contributed by atoms with van der Waals surface area (Å²) in [5.41, 5.74) is -0.390. The summed E-state index contributed by atoms with van der Waals surface area (Å²) in [6.45, 7) is 10.2. The molecule has 116 valence electrons. The zero-order chi connectivity index (χ0) is 14.9. The van der Waals surface area contributed by atoms with Gasteiger partial charge in [-0.1, -0.05) is 27.7 Å². The maximum absolute atomic E-state index is 11.3. The zero-order valence-electron chi connectivity index (χ0n) is 12.4. The third-order valence-corrected chi connectivity index (χ3v) is 4.49. The first-order valence-electron chi connectivity index (χ1n) is 6.82. The van der Waals surface area contributed by atoms with Crippen LogP contribution in [0.5, 0.6) is 0 Å². The van der Waals surface area contributed by atoms with Crippen LogP contribution in [0.2, 0.25) is 0 Å². The maximum Gasteiger partial charge on any atom is 0.233 e. The van der Waals surface area contributed by atoms with Crippen LogP contribution in [0.3, 0.4) is 0 Å². The van der Waals surface area contributed by atoms with E-state index < -0.39 is 14.5 Å². The van der Waals surface area contributed by atoms with Crippen molar-refractivity contribution in [3.63, 3.8) is 0 Å². The first-order chi connectivity index (χ1) is 8.74. The number of hydrogen-bond acceptors (Lipinski definition) is 4. The van der Waals surface area contributed by atoms with Gasteiger partial charge in [0.2, 0.25) is 9.05 Å². The number of hydrogen-bond donors (Lipinski definition) is 0. The molecule has 0 aromatic rings. The second-order valence-corrected chi connectivity index (χ2v) is 8.19. The first-order valence-corrected chi connectivity index (χ1v) is 9.30. The Bertz CT molecular complexity index is 324. The lowest BCUT2D eigenvalue weighted by atomic mass is 9.85. The van der Waals surface area contributed by atoms with Gasteiger partial charge in [-0.05, 0) is 18.8 Å². The minimum Gasteiger partial charge on any atom is -0.379 e. The minimum absolute atomic E-state index is 0.0403. The van der Waals surface area contributed by atoms with Crippen molar-refractivity contribution < 1.29 is 17.9 Å². The Morgan fingerprint density at radius 1 is 1.11 bits per heavy atom. The van der Waals surface area contributed by atoms with Gasteiger partial charge in [0.1, 0.15) is 0 Å². The molecule has 0 aliphatic rings. The van der Waals surface area contributed by atoms with E-state index in [0.29, 0.717) is 32.3 Å². The number of ether oxygens (including phenoxy) is 2. The van der Waals surface area contributed by atoms with Crippen LogP contribution >= 0.6 is 10.7 Å². The molecule has 0 aromatic heterocycles. The molecule has 0 unspecified atom stereocenters.